The minimum Gasteiger partial charge on any atom is -0.376 e. The maximum atomic E-state index is 13.4. The first-order valence-electron chi connectivity index (χ1n) is 16.2. The predicted molar refractivity (Wildman–Crippen MR) is 190 cm³/mol. The number of likely N-dealkylation sites (tertiary alicyclic amines) is 1. The first kappa shape index (κ1) is 34.9. The van der Waals surface area contributed by atoms with E-state index in [1.807, 2.05) is 81.4 Å². The maximum absolute atomic E-state index is 13.4. The van der Waals surface area contributed by atoms with Crippen molar-refractivity contribution in [2.24, 2.45) is 5.92 Å². The van der Waals surface area contributed by atoms with Crippen molar-refractivity contribution in [1.82, 2.24) is 20.7 Å². The quantitative estimate of drug-likeness (QED) is 0.103. The summed E-state index contributed by atoms with van der Waals surface area (Å²) in [5, 5.41) is 6.13. The number of aromatic nitrogens is 1. The highest BCUT2D eigenvalue weighted by molar-refractivity contribution is 7.16. The number of aromatic amines is 1. The van der Waals surface area contributed by atoms with Crippen molar-refractivity contribution in [2.45, 2.75) is 89.8 Å². The summed E-state index contributed by atoms with van der Waals surface area (Å²) in [4.78, 5) is 60.1. The van der Waals surface area contributed by atoms with E-state index < -0.39 is 17.2 Å². The normalized spacial score (nSPS) is 20.7. The molecule has 5 rings (SSSR count). The number of allylic oxidation sites excluding steroid dienone is 1. The summed E-state index contributed by atoms with van der Waals surface area (Å²) >= 11 is 1.24. The lowest BCUT2D eigenvalue weighted by Gasteiger charge is -2.28. The number of rotatable bonds is 12. The maximum Gasteiger partial charge on any atom is 0.305 e. The Bertz CT molecular complexity index is 1530. The molecule has 0 unspecified atom stereocenters. The van der Waals surface area contributed by atoms with E-state index >= 15 is 0 Å². The van der Waals surface area contributed by atoms with Crippen molar-refractivity contribution in [1.29, 1.82) is 0 Å². The van der Waals surface area contributed by atoms with E-state index in [-0.39, 0.29) is 39.3 Å². The Morgan fingerprint density at radius 3 is 2.57 bits per heavy atom. The van der Waals surface area contributed by atoms with Gasteiger partial charge in [0.15, 0.2) is 0 Å². The number of H-pyrrole nitrogens is 1. The molecule has 2 aromatic carbocycles. The first-order valence-corrected chi connectivity index (χ1v) is 17.0. The average Bonchev–Trinajstić information content (AvgIpc) is 3.33. The SMILES string of the molecule is CCCCC/C=C\[C@@H]1C[C@]1(NC(=O)[C@@H]1CCCN1C(=O)CNc1ccccc1)C(=O)NOC(C)(C)C.O=c1[nH]c2ccccc2s1.[HH].[HH].[HH]. The van der Waals surface area contributed by atoms with Crippen LogP contribution >= 0.6 is 11.3 Å². The molecule has 0 radical (unpaired) electrons. The largest absolute Gasteiger partial charge is 0.376 e. The van der Waals surface area contributed by atoms with Crippen LogP contribution in [0.5, 0.6) is 0 Å². The molecule has 1 aromatic heterocycles. The number of hydroxylamine groups is 1. The Hall–Kier alpha value is -3.96. The number of amides is 3. The molecule has 10 nitrogen and oxygen atoms in total. The van der Waals surface area contributed by atoms with Crippen molar-refractivity contribution >= 4 is 45.0 Å². The molecule has 3 aromatic rings. The van der Waals surface area contributed by atoms with E-state index in [0.717, 1.165) is 41.6 Å². The van der Waals surface area contributed by atoms with Crippen molar-refractivity contribution in [3.8, 4) is 0 Å². The van der Waals surface area contributed by atoms with E-state index in [0.29, 0.717) is 19.4 Å². The van der Waals surface area contributed by atoms with Crippen molar-refractivity contribution in [2.75, 3.05) is 18.4 Å². The minimum atomic E-state index is -1.05. The van der Waals surface area contributed by atoms with Gasteiger partial charge in [0.1, 0.15) is 11.6 Å². The summed E-state index contributed by atoms with van der Waals surface area (Å²) in [6.45, 7) is 8.36. The number of hydrogen-bond donors (Lipinski definition) is 4. The van der Waals surface area contributed by atoms with Crippen LogP contribution in [-0.2, 0) is 19.2 Å². The van der Waals surface area contributed by atoms with Gasteiger partial charge in [-0.1, -0.05) is 73.6 Å². The molecular weight excluding hydrogens is 602 g/mol. The Balaban J connectivity index is 0.000000785. The second-order valence-corrected chi connectivity index (χ2v) is 13.8. The van der Waals surface area contributed by atoms with E-state index in [2.05, 4.69) is 34.1 Å². The van der Waals surface area contributed by atoms with Crippen LogP contribution in [0.2, 0.25) is 0 Å². The summed E-state index contributed by atoms with van der Waals surface area (Å²) in [5.41, 5.74) is 2.73. The van der Waals surface area contributed by atoms with Gasteiger partial charge in [0.2, 0.25) is 11.8 Å². The number of benzene rings is 2. The third-order valence-corrected chi connectivity index (χ3v) is 8.84. The average molecular weight is 656 g/mol. The molecule has 2 aliphatic rings. The number of carbonyl (C=O) groups is 3. The molecule has 46 heavy (non-hydrogen) atoms. The van der Waals surface area contributed by atoms with Crippen molar-refractivity contribution in [3.63, 3.8) is 0 Å². The molecule has 254 valence electrons. The van der Waals surface area contributed by atoms with E-state index in [4.69, 9.17) is 4.84 Å². The van der Waals surface area contributed by atoms with Crippen molar-refractivity contribution in [3.05, 3.63) is 76.4 Å². The van der Waals surface area contributed by atoms with Gasteiger partial charge >= 0.3 is 4.87 Å². The fraction of sp³-hybridized carbons (Fsp3) is 0.486. The molecular formula is C35H53N5O5S. The predicted octanol–water partition coefficient (Wildman–Crippen LogP) is 6.27. The topological polar surface area (TPSA) is 133 Å². The van der Waals surface area contributed by atoms with Gasteiger partial charge in [-0.15, -0.1) is 0 Å². The highest BCUT2D eigenvalue weighted by Gasteiger charge is 2.61. The van der Waals surface area contributed by atoms with Crippen LogP contribution in [0.15, 0.2) is 71.5 Å². The number of thiazole rings is 1. The molecule has 1 saturated carbocycles. The van der Waals surface area contributed by atoms with E-state index in [9.17, 15) is 19.2 Å². The molecule has 1 saturated heterocycles. The Labute approximate surface area is 279 Å². The number of para-hydroxylation sites is 2. The van der Waals surface area contributed by atoms with E-state index in [1.54, 1.807) is 4.90 Å². The van der Waals surface area contributed by atoms with Crippen LogP contribution in [0, 0.1) is 5.92 Å². The van der Waals surface area contributed by atoms with Gasteiger partial charge in [-0.05, 0) is 77.1 Å². The standard InChI is InChI=1S/C28H42N4O4.C7H5NOS.3H2/c1-5-6-7-8-10-14-21-19-28(21,26(35)31-36-27(2,3)4)30-25(34)23-17-13-18-32(23)24(33)20-29-22-15-11-9-12-16-22;9-7-8-5-3-1-2-4-6(5)10-7;;;/h9-12,14-16,21,23,29H,5-8,13,17-20H2,1-4H3,(H,30,34)(H,31,35);1-4H,(H,8,9);3*1H/b14-10-;;;;/t21-,23+,28-;;;;/m1..../s1. The highest BCUT2D eigenvalue weighted by atomic mass is 32.1. The summed E-state index contributed by atoms with van der Waals surface area (Å²) in [6.07, 6.45) is 10.4. The molecule has 1 aliphatic heterocycles. The highest BCUT2D eigenvalue weighted by Crippen LogP contribution is 2.45. The fourth-order valence-corrected chi connectivity index (χ4v) is 6.15. The van der Waals surface area contributed by atoms with Crippen LogP contribution in [0.3, 0.4) is 0 Å². The second kappa shape index (κ2) is 16.0. The third-order valence-electron chi connectivity index (χ3n) is 7.98. The zero-order chi connectivity index (χ0) is 33.2. The van der Waals surface area contributed by atoms with Gasteiger partial charge in [-0.2, -0.15) is 0 Å². The summed E-state index contributed by atoms with van der Waals surface area (Å²) in [7, 11) is 0. The van der Waals surface area contributed by atoms with Gasteiger partial charge in [0.05, 0.1) is 22.4 Å². The Morgan fingerprint density at radius 2 is 1.85 bits per heavy atom. The lowest BCUT2D eigenvalue weighted by atomic mass is 10.1. The monoisotopic (exact) mass is 655 g/mol. The van der Waals surface area contributed by atoms with Gasteiger partial charge < -0.3 is 20.5 Å². The molecule has 3 amide bonds. The zero-order valence-corrected chi connectivity index (χ0v) is 28.1. The van der Waals surface area contributed by atoms with Crippen LogP contribution < -0.4 is 21.0 Å². The van der Waals surface area contributed by atoms with Crippen LogP contribution in [0.25, 0.3) is 10.2 Å². The number of nitrogens with one attached hydrogen (secondary N) is 4. The first-order chi connectivity index (χ1) is 22.0. The lowest BCUT2D eigenvalue weighted by molar-refractivity contribution is -0.151. The molecule has 2 fully saturated rings. The Kier molecular flexibility index (Phi) is 12.2. The van der Waals surface area contributed by atoms with Crippen LogP contribution in [-0.4, -0.2) is 57.9 Å². The number of anilines is 1. The zero-order valence-electron chi connectivity index (χ0n) is 27.3. The Morgan fingerprint density at radius 1 is 1.11 bits per heavy atom. The molecule has 3 atom stereocenters. The number of hydrogen-bond acceptors (Lipinski definition) is 7. The minimum absolute atomic E-state index is 0. The molecule has 11 heteroatoms. The summed E-state index contributed by atoms with van der Waals surface area (Å²) < 4.78 is 1.02. The number of fused-ring (bicyclic) bond motifs is 1. The van der Waals surface area contributed by atoms with Gasteiger partial charge in [0.25, 0.3) is 5.91 Å². The third kappa shape index (κ3) is 9.77. The molecule has 2 heterocycles. The molecule has 1 aliphatic carbocycles. The number of nitrogens with zero attached hydrogens (tertiary/aromatic N) is 1. The van der Waals surface area contributed by atoms with Gasteiger partial charge in [0, 0.05) is 22.4 Å². The fourth-order valence-electron chi connectivity index (χ4n) is 5.42. The molecule has 0 bridgehead atoms. The number of carbonyl (C=O) groups excluding carboxylic acids is 3. The van der Waals surface area contributed by atoms with Crippen LogP contribution in [0.4, 0.5) is 5.69 Å². The van der Waals surface area contributed by atoms with Gasteiger partial charge in [-0.3, -0.25) is 24.0 Å². The summed E-state index contributed by atoms with van der Waals surface area (Å²) in [6, 6.07) is 16.6. The van der Waals surface area contributed by atoms with Gasteiger partial charge in [-0.25, -0.2) is 5.48 Å². The molecule has 4 N–H and O–H groups in total. The number of unbranched alkanes of at least 4 members (excludes halogenated alkanes) is 3. The lowest BCUT2D eigenvalue weighted by Crippen LogP contribution is -2.56. The van der Waals surface area contributed by atoms with E-state index in [1.165, 1.54) is 17.8 Å². The second-order valence-electron chi connectivity index (χ2n) is 12.8. The molecule has 0 spiro atoms. The van der Waals surface area contributed by atoms with Crippen molar-refractivity contribution < 1.29 is 23.5 Å². The summed E-state index contributed by atoms with van der Waals surface area (Å²) in [5.74, 6) is -0.866. The van der Waals surface area contributed by atoms with Crippen LogP contribution in [0.1, 0.15) is 76.9 Å². The smallest absolute Gasteiger partial charge is 0.305 e.